The van der Waals surface area contributed by atoms with E-state index in [1.165, 1.54) is 13.2 Å². The third-order valence-corrected chi connectivity index (χ3v) is 4.79. The first-order valence-electron chi connectivity index (χ1n) is 9.63. The standard InChI is InChI=1S/C23H25NO6/c1-4-12-29-20-10-7-17(14-21(20)28-3)23(26)30-15-22(25)24-11-5-6-16-13-18(27-2)8-9-19(16)24/h4,7-10,13-14H,1,5-6,11-12,15H2,2-3H3. The number of ether oxygens (including phenoxy) is 4. The molecule has 0 N–H and O–H groups in total. The number of carbonyl (C=O) groups is 2. The molecule has 7 nitrogen and oxygen atoms in total. The lowest BCUT2D eigenvalue weighted by molar-refractivity contribution is -0.121. The second kappa shape index (κ2) is 9.82. The van der Waals surface area contributed by atoms with Crippen LogP contribution in [0.15, 0.2) is 49.1 Å². The zero-order chi connectivity index (χ0) is 21.5. The van der Waals surface area contributed by atoms with Crippen molar-refractivity contribution in [3.8, 4) is 17.2 Å². The van der Waals surface area contributed by atoms with Crippen molar-refractivity contribution in [1.29, 1.82) is 0 Å². The van der Waals surface area contributed by atoms with Gasteiger partial charge in [-0.1, -0.05) is 12.7 Å². The summed E-state index contributed by atoms with van der Waals surface area (Å²) in [5.41, 5.74) is 2.14. The first-order valence-corrected chi connectivity index (χ1v) is 9.63. The Morgan fingerprint density at radius 2 is 1.93 bits per heavy atom. The third-order valence-electron chi connectivity index (χ3n) is 4.79. The molecule has 0 bridgehead atoms. The Kier molecular flexibility index (Phi) is 6.95. The van der Waals surface area contributed by atoms with Gasteiger partial charge in [0.25, 0.3) is 5.91 Å². The van der Waals surface area contributed by atoms with Gasteiger partial charge in [-0.05, 0) is 54.8 Å². The molecule has 0 atom stereocenters. The fraction of sp³-hybridized carbons (Fsp3) is 0.304. The van der Waals surface area contributed by atoms with E-state index in [0.29, 0.717) is 24.7 Å². The zero-order valence-corrected chi connectivity index (χ0v) is 17.2. The molecule has 158 valence electrons. The molecule has 0 saturated heterocycles. The van der Waals surface area contributed by atoms with Gasteiger partial charge in [0, 0.05) is 12.2 Å². The number of hydrogen-bond donors (Lipinski definition) is 0. The highest BCUT2D eigenvalue weighted by Gasteiger charge is 2.24. The maximum atomic E-state index is 12.7. The summed E-state index contributed by atoms with van der Waals surface area (Å²) in [4.78, 5) is 26.8. The van der Waals surface area contributed by atoms with Gasteiger partial charge < -0.3 is 23.8 Å². The number of benzene rings is 2. The van der Waals surface area contributed by atoms with Gasteiger partial charge >= 0.3 is 5.97 Å². The number of esters is 1. The predicted molar refractivity (Wildman–Crippen MR) is 113 cm³/mol. The topological polar surface area (TPSA) is 74.3 Å². The van der Waals surface area contributed by atoms with Gasteiger partial charge in [0.15, 0.2) is 18.1 Å². The van der Waals surface area contributed by atoms with E-state index in [0.717, 1.165) is 29.8 Å². The summed E-state index contributed by atoms with van der Waals surface area (Å²) < 4.78 is 21.2. The second-order valence-corrected chi connectivity index (χ2v) is 6.69. The largest absolute Gasteiger partial charge is 0.497 e. The van der Waals surface area contributed by atoms with Gasteiger partial charge in [0.2, 0.25) is 0 Å². The van der Waals surface area contributed by atoms with Crippen molar-refractivity contribution in [1.82, 2.24) is 0 Å². The molecule has 1 amide bonds. The zero-order valence-electron chi connectivity index (χ0n) is 17.2. The fourth-order valence-electron chi connectivity index (χ4n) is 3.31. The highest BCUT2D eigenvalue weighted by molar-refractivity contribution is 5.98. The number of aryl methyl sites for hydroxylation is 1. The Morgan fingerprint density at radius 1 is 1.10 bits per heavy atom. The van der Waals surface area contributed by atoms with Crippen molar-refractivity contribution in [2.75, 3.05) is 38.9 Å². The molecule has 7 heteroatoms. The number of hydrogen-bond acceptors (Lipinski definition) is 6. The van der Waals surface area contributed by atoms with Crippen molar-refractivity contribution < 1.29 is 28.5 Å². The number of carbonyl (C=O) groups excluding carboxylic acids is 2. The summed E-state index contributed by atoms with van der Waals surface area (Å²) in [6, 6.07) is 10.3. The molecular weight excluding hydrogens is 386 g/mol. The van der Waals surface area contributed by atoms with E-state index in [1.807, 2.05) is 18.2 Å². The Hall–Kier alpha value is -3.48. The van der Waals surface area contributed by atoms with Crippen LogP contribution in [0, 0.1) is 0 Å². The van der Waals surface area contributed by atoms with Crippen LogP contribution in [-0.4, -0.2) is 45.9 Å². The summed E-state index contributed by atoms with van der Waals surface area (Å²) in [6.07, 6.45) is 3.32. The number of amides is 1. The normalized spacial score (nSPS) is 12.5. The van der Waals surface area contributed by atoms with E-state index in [1.54, 1.807) is 30.2 Å². The minimum atomic E-state index is -0.608. The van der Waals surface area contributed by atoms with Crippen LogP contribution in [0.2, 0.25) is 0 Å². The Morgan fingerprint density at radius 3 is 2.67 bits per heavy atom. The molecule has 3 rings (SSSR count). The van der Waals surface area contributed by atoms with E-state index >= 15 is 0 Å². The first-order chi connectivity index (χ1) is 14.6. The molecule has 0 unspecified atom stereocenters. The minimum Gasteiger partial charge on any atom is -0.497 e. The number of nitrogens with zero attached hydrogens (tertiary/aromatic N) is 1. The van der Waals surface area contributed by atoms with Gasteiger partial charge in [0.05, 0.1) is 19.8 Å². The van der Waals surface area contributed by atoms with Crippen molar-refractivity contribution in [2.45, 2.75) is 12.8 Å². The molecule has 1 heterocycles. The number of fused-ring (bicyclic) bond motifs is 1. The van der Waals surface area contributed by atoms with Gasteiger partial charge in [-0.15, -0.1) is 0 Å². The summed E-state index contributed by atoms with van der Waals surface area (Å²) in [6.45, 7) is 4.15. The number of rotatable bonds is 8. The third kappa shape index (κ3) is 4.74. The van der Waals surface area contributed by atoms with E-state index in [-0.39, 0.29) is 18.1 Å². The summed E-state index contributed by atoms with van der Waals surface area (Å²) in [7, 11) is 3.09. The van der Waals surface area contributed by atoms with Gasteiger partial charge in [-0.3, -0.25) is 4.79 Å². The van der Waals surface area contributed by atoms with E-state index in [2.05, 4.69) is 6.58 Å². The lowest BCUT2D eigenvalue weighted by atomic mass is 10.0. The van der Waals surface area contributed by atoms with E-state index in [9.17, 15) is 9.59 Å². The average Bonchev–Trinajstić information content (AvgIpc) is 2.79. The van der Waals surface area contributed by atoms with Crippen LogP contribution in [0.5, 0.6) is 17.2 Å². The monoisotopic (exact) mass is 411 g/mol. The van der Waals surface area contributed by atoms with Crippen LogP contribution in [-0.2, 0) is 16.0 Å². The number of methoxy groups -OCH3 is 2. The van der Waals surface area contributed by atoms with Crippen molar-refractivity contribution in [2.24, 2.45) is 0 Å². The highest BCUT2D eigenvalue weighted by atomic mass is 16.5. The molecule has 0 radical (unpaired) electrons. The molecule has 0 spiro atoms. The summed E-state index contributed by atoms with van der Waals surface area (Å²) in [5.74, 6) is 0.766. The molecular formula is C23H25NO6. The van der Waals surface area contributed by atoms with Crippen LogP contribution in [0.4, 0.5) is 5.69 Å². The van der Waals surface area contributed by atoms with Crippen molar-refractivity contribution in [3.05, 3.63) is 60.2 Å². The Labute approximate surface area is 175 Å². The Bertz CT molecular complexity index is 939. The SMILES string of the molecule is C=CCOc1ccc(C(=O)OCC(=O)N2CCCc3cc(OC)ccc32)cc1OC. The molecule has 1 aliphatic heterocycles. The maximum absolute atomic E-state index is 12.7. The summed E-state index contributed by atoms with van der Waals surface area (Å²) >= 11 is 0. The van der Waals surface area contributed by atoms with Crippen molar-refractivity contribution in [3.63, 3.8) is 0 Å². The molecule has 0 fully saturated rings. The molecule has 0 saturated carbocycles. The predicted octanol–water partition coefficient (Wildman–Crippen LogP) is 3.40. The fourth-order valence-corrected chi connectivity index (χ4v) is 3.31. The lowest BCUT2D eigenvalue weighted by Crippen LogP contribution is -2.38. The molecule has 0 aliphatic carbocycles. The van der Waals surface area contributed by atoms with Gasteiger partial charge in [0.1, 0.15) is 12.4 Å². The van der Waals surface area contributed by atoms with Crippen LogP contribution in [0.1, 0.15) is 22.3 Å². The van der Waals surface area contributed by atoms with Crippen LogP contribution >= 0.6 is 0 Å². The molecule has 0 aromatic heterocycles. The van der Waals surface area contributed by atoms with Crippen LogP contribution < -0.4 is 19.1 Å². The minimum absolute atomic E-state index is 0.271. The smallest absolute Gasteiger partial charge is 0.338 e. The Balaban J connectivity index is 1.65. The quantitative estimate of drug-likeness (QED) is 0.490. The lowest BCUT2D eigenvalue weighted by Gasteiger charge is -2.29. The van der Waals surface area contributed by atoms with Crippen LogP contribution in [0.3, 0.4) is 0 Å². The van der Waals surface area contributed by atoms with Crippen LogP contribution in [0.25, 0.3) is 0 Å². The van der Waals surface area contributed by atoms with Crippen molar-refractivity contribution >= 4 is 17.6 Å². The van der Waals surface area contributed by atoms with E-state index < -0.39 is 5.97 Å². The molecule has 1 aliphatic rings. The van der Waals surface area contributed by atoms with Gasteiger partial charge in [-0.25, -0.2) is 4.79 Å². The average molecular weight is 411 g/mol. The summed E-state index contributed by atoms with van der Waals surface area (Å²) in [5, 5.41) is 0. The maximum Gasteiger partial charge on any atom is 0.338 e. The highest BCUT2D eigenvalue weighted by Crippen LogP contribution is 2.31. The molecule has 2 aromatic carbocycles. The second-order valence-electron chi connectivity index (χ2n) is 6.69. The first kappa shape index (κ1) is 21.2. The number of anilines is 1. The molecule has 30 heavy (non-hydrogen) atoms. The molecule has 2 aromatic rings. The van der Waals surface area contributed by atoms with Gasteiger partial charge in [-0.2, -0.15) is 0 Å². The van der Waals surface area contributed by atoms with E-state index in [4.69, 9.17) is 18.9 Å².